The number of halogens is 2. The smallest absolute Gasteiger partial charge is 0.284 e. The molecule has 0 saturated heterocycles. The van der Waals surface area contributed by atoms with E-state index in [4.69, 9.17) is 23.2 Å². The molecular formula is C21H25Cl2N3O3S2. The van der Waals surface area contributed by atoms with Crippen molar-refractivity contribution in [2.24, 2.45) is 0 Å². The van der Waals surface area contributed by atoms with Gasteiger partial charge >= 0.3 is 0 Å². The van der Waals surface area contributed by atoms with E-state index in [2.05, 4.69) is 16.6 Å². The summed E-state index contributed by atoms with van der Waals surface area (Å²) in [5.41, 5.74) is 0.956. The maximum atomic E-state index is 13.0. The zero-order chi connectivity index (χ0) is 23.0. The third-order valence-corrected chi connectivity index (χ3v) is 8.60. The normalized spacial score (nSPS) is 12.5. The van der Waals surface area contributed by atoms with E-state index in [9.17, 15) is 13.2 Å². The lowest BCUT2D eigenvalue weighted by Gasteiger charge is -2.20. The van der Waals surface area contributed by atoms with Crippen LogP contribution < -0.4 is 4.72 Å². The number of thiophene rings is 1. The highest BCUT2D eigenvalue weighted by atomic mass is 35.5. The molecule has 0 saturated carbocycles. The number of rotatable bonds is 7. The summed E-state index contributed by atoms with van der Waals surface area (Å²) in [6.07, 6.45) is 2.42. The van der Waals surface area contributed by atoms with Crippen LogP contribution in [-0.2, 0) is 23.0 Å². The van der Waals surface area contributed by atoms with Crippen molar-refractivity contribution in [1.82, 2.24) is 14.3 Å². The Morgan fingerprint density at radius 1 is 1.26 bits per heavy atom. The van der Waals surface area contributed by atoms with Gasteiger partial charge in [-0.25, -0.2) is 18.1 Å². The maximum absolute atomic E-state index is 13.0. The average molecular weight is 502 g/mol. The lowest BCUT2D eigenvalue weighted by molar-refractivity contribution is 0.0971. The first-order chi connectivity index (χ1) is 14.5. The molecule has 0 aliphatic heterocycles. The third-order valence-electron chi connectivity index (χ3n) is 4.96. The van der Waals surface area contributed by atoms with Crippen molar-refractivity contribution >= 4 is 60.6 Å². The van der Waals surface area contributed by atoms with Gasteiger partial charge in [-0.1, -0.05) is 42.6 Å². The fourth-order valence-corrected chi connectivity index (χ4v) is 5.36. The number of hydrogen-bond acceptors (Lipinski definition) is 5. The molecule has 2 heterocycles. The van der Waals surface area contributed by atoms with Crippen LogP contribution in [0.4, 0.5) is 0 Å². The van der Waals surface area contributed by atoms with Crippen molar-refractivity contribution in [2.75, 3.05) is 0 Å². The van der Waals surface area contributed by atoms with E-state index in [0.717, 1.165) is 28.5 Å². The summed E-state index contributed by atoms with van der Waals surface area (Å²) >= 11 is 14.3. The Morgan fingerprint density at radius 3 is 2.61 bits per heavy atom. The summed E-state index contributed by atoms with van der Waals surface area (Å²) in [5.74, 6) is -0.155. The van der Waals surface area contributed by atoms with Gasteiger partial charge in [0, 0.05) is 21.5 Å². The minimum Gasteiger partial charge on any atom is -0.318 e. The van der Waals surface area contributed by atoms with Crippen molar-refractivity contribution in [3.8, 4) is 0 Å². The molecule has 0 fully saturated rings. The molecule has 3 rings (SSSR count). The predicted octanol–water partition coefficient (Wildman–Crippen LogP) is 5.65. The van der Waals surface area contributed by atoms with Gasteiger partial charge < -0.3 is 4.57 Å². The van der Waals surface area contributed by atoms with Crippen LogP contribution in [0.25, 0.3) is 10.1 Å². The van der Waals surface area contributed by atoms with Crippen LogP contribution >= 0.6 is 34.5 Å². The summed E-state index contributed by atoms with van der Waals surface area (Å²) in [4.78, 5) is 17.4. The molecular weight excluding hydrogens is 477 g/mol. The lowest BCUT2D eigenvalue weighted by atomic mass is 10.1. The number of unbranched alkanes of at least 4 members (excludes halogenated alkanes) is 1. The number of amides is 1. The van der Waals surface area contributed by atoms with Crippen molar-refractivity contribution < 1.29 is 13.2 Å². The molecule has 0 aliphatic carbocycles. The molecule has 0 unspecified atom stereocenters. The Hall–Kier alpha value is -1.61. The van der Waals surface area contributed by atoms with E-state index in [-0.39, 0.29) is 10.8 Å². The Kier molecular flexibility index (Phi) is 7.05. The molecule has 10 heteroatoms. The van der Waals surface area contributed by atoms with Gasteiger partial charge in [0.15, 0.2) is 5.15 Å². The minimum absolute atomic E-state index is 0.0154. The highest BCUT2D eigenvalue weighted by molar-refractivity contribution is 7.91. The largest absolute Gasteiger partial charge is 0.318 e. The lowest BCUT2D eigenvalue weighted by Crippen LogP contribution is -2.43. The maximum Gasteiger partial charge on any atom is 0.284 e. The Bertz CT molecular complexity index is 1220. The van der Waals surface area contributed by atoms with Crippen LogP contribution in [0.2, 0.25) is 10.2 Å². The number of benzene rings is 1. The first-order valence-electron chi connectivity index (χ1n) is 9.92. The van der Waals surface area contributed by atoms with E-state index in [1.165, 1.54) is 20.8 Å². The summed E-state index contributed by atoms with van der Waals surface area (Å²) in [5, 5.41) is 3.51. The topological polar surface area (TPSA) is 81.1 Å². The Morgan fingerprint density at radius 2 is 1.97 bits per heavy atom. The van der Waals surface area contributed by atoms with Crippen LogP contribution in [0.3, 0.4) is 0 Å². The van der Waals surface area contributed by atoms with E-state index in [1.807, 2.05) is 23.6 Å². The number of hydrogen-bond donors (Lipinski definition) is 1. The molecule has 2 aromatic heterocycles. The molecule has 1 N–H and O–H groups in total. The quantitative estimate of drug-likeness (QED) is 0.453. The predicted molar refractivity (Wildman–Crippen MR) is 128 cm³/mol. The highest BCUT2D eigenvalue weighted by Gasteiger charge is 2.33. The van der Waals surface area contributed by atoms with Crippen LogP contribution in [0.1, 0.15) is 62.4 Å². The van der Waals surface area contributed by atoms with Crippen LogP contribution in [0, 0.1) is 0 Å². The highest BCUT2D eigenvalue weighted by Crippen LogP contribution is 2.33. The minimum atomic E-state index is -3.91. The first-order valence-corrected chi connectivity index (χ1v) is 13.0. The van der Waals surface area contributed by atoms with Gasteiger partial charge in [0.2, 0.25) is 10.0 Å². The molecule has 1 aromatic carbocycles. The zero-order valence-corrected chi connectivity index (χ0v) is 21.0. The summed E-state index contributed by atoms with van der Waals surface area (Å²) in [7, 11) is -3.91. The molecule has 168 valence electrons. The van der Waals surface area contributed by atoms with E-state index in [0.29, 0.717) is 23.8 Å². The Labute approximate surface area is 196 Å². The van der Waals surface area contributed by atoms with Gasteiger partial charge in [-0.2, -0.15) is 0 Å². The van der Waals surface area contributed by atoms with Gasteiger partial charge in [0.25, 0.3) is 5.91 Å². The number of aromatic nitrogens is 2. The number of nitrogens with one attached hydrogen (secondary N) is 1. The SMILES string of the molecule is CCCCc1nc(Cl)c(C(=O)NS(=O)(=O)C(C)(C)C)n1Cc1csc2cccc(Cl)c12. The number of nitrogens with zero attached hydrogens (tertiary/aromatic N) is 2. The van der Waals surface area contributed by atoms with Gasteiger partial charge in [-0.3, -0.25) is 4.79 Å². The van der Waals surface area contributed by atoms with Gasteiger partial charge in [-0.15, -0.1) is 11.3 Å². The number of sulfonamides is 1. The Balaban J connectivity index is 2.08. The molecule has 0 bridgehead atoms. The monoisotopic (exact) mass is 501 g/mol. The standard InChI is InChI=1S/C21H25Cl2N3O3S2/c1-5-6-10-16-24-19(23)18(20(27)25-31(28,29)21(2,3)4)26(16)11-13-12-30-15-9-7-8-14(22)17(13)15/h7-9,12H,5-6,10-11H2,1-4H3,(H,25,27). The van der Waals surface area contributed by atoms with Crippen LogP contribution in [0.15, 0.2) is 23.6 Å². The zero-order valence-electron chi connectivity index (χ0n) is 17.8. The van der Waals surface area contributed by atoms with Gasteiger partial charge in [-0.05, 0) is 50.3 Å². The second-order valence-electron chi connectivity index (χ2n) is 8.28. The molecule has 0 aliphatic rings. The first kappa shape index (κ1) is 24.0. The van der Waals surface area contributed by atoms with Crippen molar-refractivity contribution in [1.29, 1.82) is 0 Å². The van der Waals surface area contributed by atoms with Crippen molar-refractivity contribution in [2.45, 2.75) is 58.2 Å². The fourth-order valence-electron chi connectivity index (χ4n) is 3.10. The number of aryl methyl sites for hydroxylation is 1. The number of carbonyl (C=O) groups excluding carboxylic acids is 1. The second-order valence-corrected chi connectivity index (χ2v) is 12.4. The molecule has 1 amide bonds. The van der Waals surface area contributed by atoms with E-state index >= 15 is 0 Å². The molecule has 0 radical (unpaired) electrons. The molecule has 3 aromatic rings. The van der Waals surface area contributed by atoms with E-state index < -0.39 is 20.7 Å². The number of carbonyl (C=O) groups is 1. The van der Waals surface area contributed by atoms with Crippen LogP contribution in [0.5, 0.6) is 0 Å². The summed E-state index contributed by atoms with van der Waals surface area (Å²) in [6, 6.07) is 5.70. The average Bonchev–Trinajstić information content (AvgIpc) is 3.21. The summed E-state index contributed by atoms with van der Waals surface area (Å²) < 4.78 is 28.8. The molecule has 0 spiro atoms. The number of fused-ring (bicyclic) bond motifs is 1. The van der Waals surface area contributed by atoms with Crippen molar-refractivity contribution in [3.63, 3.8) is 0 Å². The number of imidazole rings is 1. The van der Waals surface area contributed by atoms with Gasteiger partial charge in [0.05, 0.1) is 11.3 Å². The molecule has 31 heavy (non-hydrogen) atoms. The van der Waals surface area contributed by atoms with Gasteiger partial charge in [0.1, 0.15) is 11.5 Å². The summed E-state index contributed by atoms with van der Waals surface area (Å²) in [6.45, 7) is 6.93. The molecule has 0 atom stereocenters. The van der Waals surface area contributed by atoms with Crippen LogP contribution in [-0.4, -0.2) is 28.6 Å². The molecule has 6 nitrogen and oxygen atoms in total. The fraction of sp³-hybridized carbons (Fsp3) is 0.429. The second kappa shape index (κ2) is 9.10. The van der Waals surface area contributed by atoms with Crippen molar-refractivity contribution in [3.05, 3.63) is 50.8 Å². The van der Waals surface area contributed by atoms with E-state index in [1.54, 1.807) is 15.9 Å². The third kappa shape index (κ3) is 4.92.